The topological polar surface area (TPSA) is 64.2 Å². The summed E-state index contributed by atoms with van der Waals surface area (Å²) in [7, 11) is 0. The van der Waals surface area contributed by atoms with Gasteiger partial charge >= 0.3 is 17.8 Å². The summed E-state index contributed by atoms with van der Waals surface area (Å²) in [5.74, 6) is -4.57. The highest BCUT2D eigenvalue weighted by Crippen LogP contribution is 2.27. The number of alkyl halides is 3. The molecule has 8 heteroatoms. The molecule has 0 aliphatic rings. The van der Waals surface area contributed by atoms with Crippen molar-refractivity contribution in [3.8, 4) is 0 Å². The van der Waals surface area contributed by atoms with Crippen molar-refractivity contribution in [1.29, 1.82) is 0 Å². The van der Waals surface area contributed by atoms with Crippen LogP contribution in [0, 0.1) is 5.92 Å². The van der Waals surface area contributed by atoms with Crippen molar-refractivity contribution in [2.45, 2.75) is 26.2 Å². The zero-order valence-corrected chi connectivity index (χ0v) is 8.94. The van der Waals surface area contributed by atoms with Gasteiger partial charge in [-0.25, -0.2) is 4.79 Å². The van der Waals surface area contributed by atoms with Crippen LogP contribution in [-0.2, 0) is 17.9 Å². The highest BCUT2D eigenvalue weighted by molar-refractivity contribution is 5.70. The van der Waals surface area contributed by atoms with Crippen LogP contribution in [-0.4, -0.2) is 26.4 Å². The molecular formula is C9H11F3N2O3. The molecule has 0 aliphatic carbocycles. The number of hydrogen-bond donors (Lipinski definition) is 1. The number of rotatable bonds is 4. The first kappa shape index (κ1) is 13.3. The number of aryl methyl sites for hydroxylation is 1. The molecule has 17 heavy (non-hydrogen) atoms. The average molecular weight is 252 g/mol. The van der Waals surface area contributed by atoms with Crippen LogP contribution in [0.2, 0.25) is 0 Å². The van der Waals surface area contributed by atoms with Crippen molar-refractivity contribution in [2.75, 3.05) is 0 Å². The molecule has 0 radical (unpaired) electrons. The number of carboxylic acids is 1. The van der Waals surface area contributed by atoms with Gasteiger partial charge in [-0.2, -0.15) is 13.2 Å². The molecule has 0 fully saturated rings. The maximum atomic E-state index is 12.4. The third-order valence-electron chi connectivity index (χ3n) is 2.33. The summed E-state index contributed by atoms with van der Waals surface area (Å²) in [6, 6.07) is 0. The van der Waals surface area contributed by atoms with Gasteiger partial charge in [0.25, 0.3) is 0 Å². The van der Waals surface area contributed by atoms with E-state index in [2.05, 4.69) is 0 Å². The summed E-state index contributed by atoms with van der Waals surface area (Å²) in [4.78, 5) is 21.9. The van der Waals surface area contributed by atoms with Crippen molar-refractivity contribution in [2.24, 2.45) is 5.92 Å². The van der Waals surface area contributed by atoms with Crippen LogP contribution in [0.3, 0.4) is 0 Å². The Kier molecular flexibility index (Phi) is 3.64. The summed E-state index contributed by atoms with van der Waals surface area (Å²) in [5.41, 5.74) is -0.650. The molecule has 1 N–H and O–H groups in total. The maximum Gasteiger partial charge on any atom is 0.403 e. The SMILES string of the molecule is CCn1ccn(CC(C(=O)O)C(F)(F)F)c1=O. The van der Waals surface area contributed by atoms with E-state index in [1.165, 1.54) is 10.8 Å². The Morgan fingerprint density at radius 1 is 1.41 bits per heavy atom. The monoisotopic (exact) mass is 252 g/mol. The van der Waals surface area contributed by atoms with E-state index < -0.39 is 30.3 Å². The lowest BCUT2D eigenvalue weighted by Gasteiger charge is -2.15. The van der Waals surface area contributed by atoms with Gasteiger partial charge in [0.15, 0.2) is 5.92 Å². The lowest BCUT2D eigenvalue weighted by atomic mass is 10.1. The van der Waals surface area contributed by atoms with Crippen molar-refractivity contribution in [3.05, 3.63) is 22.9 Å². The first-order valence-corrected chi connectivity index (χ1v) is 4.82. The molecule has 0 saturated heterocycles. The number of aliphatic carboxylic acids is 1. The molecule has 1 unspecified atom stereocenters. The van der Waals surface area contributed by atoms with Crippen LogP contribution in [0.1, 0.15) is 6.92 Å². The second-order valence-electron chi connectivity index (χ2n) is 3.45. The predicted molar refractivity (Wildman–Crippen MR) is 51.5 cm³/mol. The molecule has 0 amide bonds. The molecule has 0 saturated carbocycles. The molecule has 1 heterocycles. The van der Waals surface area contributed by atoms with Crippen molar-refractivity contribution >= 4 is 5.97 Å². The standard InChI is InChI=1S/C9H11F3N2O3/c1-2-13-3-4-14(8(13)17)5-6(7(15)16)9(10,11)12/h3-4,6H,2,5H2,1H3,(H,15,16). The maximum absolute atomic E-state index is 12.4. The predicted octanol–water partition coefficient (Wildman–Crippen LogP) is 0.933. The summed E-state index contributed by atoms with van der Waals surface area (Å²) in [6.45, 7) is 1.06. The van der Waals surface area contributed by atoms with E-state index in [4.69, 9.17) is 5.11 Å². The van der Waals surface area contributed by atoms with Crippen molar-refractivity contribution in [1.82, 2.24) is 9.13 Å². The Balaban J connectivity index is 2.99. The highest BCUT2D eigenvalue weighted by atomic mass is 19.4. The first-order chi connectivity index (χ1) is 7.77. The summed E-state index contributed by atoms with van der Waals surface area (Å²) < 4.78 is 39.1. The average Bonchev–Trinajstić information content (AvgIpc) is 2.53. The Morgan fingerprint density at radius 2 is 1.94 bits per heavy atom. The third kappa shape index (κ3) is 2.89. The Hall–Kier alpha value is -1.73. The van der Waals surface area contributed by atoms with E-state index in [-0.39, 0.29) is 0 Å². The number of halogens is 3. The van der Waals surface area contributed by atoms with E-state index >= 15 is 0 Å². The fraction of sp³-hybridized carbons (Fsp3) is 0.556. The van der Waals surface area contributed by atoms with Gasteiger partial charge in [-0.3, -0.25) is 13.9 Å². The third-order valence-corrected chi connectivity index (χ3v) is 2.33. The smallest absolute Gasteiger partial charge is 0.403 e. The second kappa shape index (κ2) is 4.64. The van der Waals surface area contributed by atoms with Gasteiger partial charge in [0.1, 0.15) is 0 Å². The van der Waals surface area contributed by atoms with E-state index in [0.717, 1.165) is 10.8 Å². The Bertz CT molecular complexity index is 461. The summed E-state index contributed by atoms with van der Waals surface area (Å²) in [6.07, 6.45) is -2.41. The van der Waals surface area contributed by atoms with Crippen LogP contribution >= 0.6 is 0 Å². The van der Waals surface area contributed by atoms with Crippen molar-refractivity contribution in [3.63, 3.8) is 0 Å². The fourth-order valence-corrected chi connectivity index (χ4v) is 1.35. The number of hydrogen-bond acceptors (Lipinski definition) is 2. The molecule has 0 bridgehead atoms. The quantitative estimate of drug-likeness (QED) is 0.867. The molecule has 5 nitrogen and oxygen atoms in total. The molecule has 0 aliphatic heterocycles. The number of nitrogens with zero attached hydrogens (tertiary/aromatic N) is 2. The van der Waals surface area contributed by atoms with Gasteiger partial charge in [-0.05, 0) is 6.92 Å². The van der Waals surface area contributed by atoms with Gasteiger partial charge in [0.05, 0.1) is 0 Å². The molecule has 0 aromatic carbocycles. The second-order valence-corrected chi connectivity index (χ2v) is 3.45. The number of imidazole rings is 1. The van der Waals surface area contributed by atoms with E-state index in [9.17, 15) is 22.8 Å². The minimum Gasteiger partial charge on any atom is -0.481 e. The highest BCUT2D eigenvalue weighted by Gasteiger charge is 2.45. The lowest BCUT2D eigenvalue weighted by molar-refractivity contribution is -0.196. The van der Waals surface area contributed by atoms with Gasteiger partial charge in [-0.1, -0.05) is 0 Å². The summed E-state index contributed by atoms with van der Waals surface area (Å²) >= 11 is 0. The molecule has 1 aromatic rings. The number of carbonyl (C=O) groups is 1. The first-order valence-electron chi connectivity index (χ1n) is 4.82. The van der Waals surface area contributed by atoms with Gasteiger partial charge < -0.3 is 5.11 Å². The molecule has 1 rings (SSSR count). The fourth-order valence-electron chi connectivity index (χ4n) is 1.35. The number of aromatic nitrogens is 2. The zero-order chi connectivity index (χ0) is 13.2. The van der Waals surface area contributed by atoms with Gasteiger partial charge in [-0.15, -0.1) is 0 Å². The number of carboxylic acid groups (broad SMARTS) is 1. The van der Waals surface area contributed by atoms with E-state index in [0.29, 0.717) is 6.54 Å². The minimum absolute atomic E-state index is 0.315. The van der Waals surface area contributed by atoms with Crippen LogP contribution in [0.15, 0.2) is 17.2 Å². The molecule has 96 valence electrons. The largest absolute Gasteiger partial charge is 0.481 e. The molecule has 1 atom stereocenters. The van der Waals surface area contributed by atoms with Gasteiger partial charge in [0, 0.05) is 25.5 Å². The van der Waals surface area contributed by atoms with Crippen LogP contribution in [0.25, 0.3) is 0 Å². The minimum atomic E-state index is -4.88. The Labute approximate surface area is 94.1 Å². The zero-order valence-electron chi connectivity index (χ0n) is 8.94. The normalized spacial score (nSPS) is 13.6. The molecule has 0 spiro atoms. The summed E-state index contributed by atoms with van der Waals surface area (Å²) in [5, 5.41) is 8.48. The Morgan fingerprint density at radius 3 is 2.29 bits per heavy atom. The molecular weight excluding hydrogens is 241 g/mol. The van der Waals surface area contributed by atoms with Crippen LogP contribution in [0.4, 0.5) is 13.2 Å². The van der Waals surface area contributed by atoms with E-state index in [1.54, 1.807) is 6.92 Å². The van der Waals surface area contributed by atoms with Crippen LogP contribution in [0.5, 0.6) is 0 Å². The van der Waals surface area contributed by atoms with E-state index in [1.807, 2.05) is 0 Å². The lowest BCUT2D eigenvalue weighted by Crippen LogP contribution is -2.37. The molecule has 1 aromatic heterocycles. The van der Waals surface area contributed by atoms with Crippen molar-refractivity contribution < 1.29 is 23.1 Å². The van der Waals surface area contributed by atoms with Gasteiger partial charge in [0.2, 0.25) is 0 Å². The van der Waals surface area contributed by atoms with Crippen LogP contribution < -0.4 is 5.69 Å².